The van der Waals surface area contributed by atoms with Crippen LogP contribution in [0.15, 0.2) is 12.3 Å². The van der Waals surface area contributed by atoms with Crippen LogP contribution in [-0.2, 0) is 11.3 Å². The molecule has 0 saturated carbocycles. The van der Waals surface area contributed by atoms with Crippen molar-refractivity contribution in [2.75, 3.05) is 18.8 Å². The first kappa shape index (κ1) is 12.0. The second kappa shape index (κ2) is 5.21. The van der Waals surface area contributed by atoms with Gasteiger partial charge in [-0.3, -0.25) is 9.48 Å². The molecule has 0 aromatic carbocycles. The fraction of sp³-hybridized carbons (Fsp3) is 0.667. The lowest BCUT2D eigenvalue weighted by atomic mass is 9.96. The zero-order chi connectivity index (χ0) is 12.3. The number of hydrogen-bond acceptors (Lipinski definition) is 3. The molecule has 1 amide bonds. The fourth-order valence-electron chi connectivity index (χ4n) is 2.33. The molecule has 5 heteroatoms. The summed E-state index contributed by atoms with van der Waals surface area (Å²) in [5.41, 5.74) is 5.52. The van der Waals surface area contributed by atoms with Gasteiger partial charge in [0.15, 0.2) is 0 Å². The SMILES string of the molecule is CCC1CCCN(C(=O)Cn2ccc(N)n2)C1. The molecule has 0 bridgehead atoms. The van der Waals surface area contributed by atoms with Crippen LogP contribution in [0, 0.1) is 5.92 Å². The Balaban J connectivity index is 1.91. The topological polar surface area (TPSA) is 64.2 Å². The number of nitrogens with zero attached hydrogens (tertiary/aromatic N) is 3. The maximum Gasteiger partial charge on any atom is 0.244 e. The second-order valence-electron chi connectivity index (χ2n) is 4.69. The zero-order valence-corrected chi connectivity index (χ0v) is 10.3. The molecule has 1 unspecified atom stereocenters. The van der Waals surface area contributed by atoms with E-state index in [9.17, 15) is 4.79 Å². The van der Waals surface area contributed by atoms with Gasteiger partial charge in [0.2, 0.25) is 5.91 Å². The number of likely N-dealkylation sites (tertiary alicyclic amines) is 1. The predicted octanol–water partition coefficient (Wildman–Crippen LogP) is 1.11. The Bertz CT molecular complexity index is 388. The van der Waals surface area contributed by atoms with Gasteiger partial charge in [-0.15, -0.1) is 0 Å². The average Bonchev–Trinajstić information content (AvgIpc) is 2.75. The number of piperidine rings is 1. The van der Waals surface area contributed by atoms with Gasteiger partial charge in [-0.05, 0) is 24.8 Å². The summed E-state index contributed by atoms with van der Waals surface area (Å²) < 4.78 is 1.60. The zero-order valence-electron chi connectivity index (χ0n) is 10.3. The second-order valence-corrected chi connectivity index (χ2v) is 4.69. The first-order valence-electron chi connectivity index (χ1n) is 6.25. The van der Waals surface area contributed by atoms with Crippen LogP contribution in [-0.4, -0.2) is 33.7 Å². The number of nitrogen functional groups attached to an aromatic ring is 1. The van der Waals surface area contributed by atoms with Crippen LogP contribution in [0.2, 0.25) is 0 Å². The van der Waals surface area contributed by atoms with Gasteiger partial charge in [0.25, 0.3) is 0 Å². The van der Waals surface area contributed by atoms with Gasteiger partial charge in [-0.25, -0.2) is 0 Å². The molecule has 1 aliphatic rings. The summed E-state index contributed by atoms with van der Waals surface area (Å²) in [4.78, 5) is 14.0. The Hall–Kier alpha value is -1.52. The maximum atomic E-state index is 12.1. The van der Waals surface area contributed by atoms with Crippen LogP contribution in [0.3, 0.4) is 0 Å². The van der Waals surface area contributed by atoms with Crippen molar-refractivity contribution < 1.29 is 4.79 Å². The summed E-state index contributed by atoms with van der Waals surface area (Å²) >= 11 is 0. The highest BCUT2D eigenvalue weighted by molar-refractivity contribution is 5.76. The lowest BCUT2D eigenvalue weighted by Gasteiger charge is -2.32. The van der Waals surface area contributed by atoms with Crippen LogP contribution in [0.4, 0.5) is 5.82 Å². The lowest BCUT2D eigenvalue weighted by Crippen LogP contribution is -2.41. The highest BCUT2D eigenvalue weighted by Crippen LogP contribution is 2.19. The monoisotopic (exact) mass is 236 g/mol. The van der Waals surface area contributed by atoms with E-state index in [2.05, 4.69) is 12.0 Å². The van der Waals surface area contributed by atoms with Crippen molar-refractivity contribution in [3.05, 3.63) is 12.3 Å². The lowest BCUT2D eigenvalue weighted by molar-refractivity contribution is -0.133. The number of aromatic nitrogens is 2. The summed E-state index contributed by atoms with van der Waals surface area (Å²) in [7, 11) is 0. The van der Waals surface area contributed by atoms with Gasteiger partial charge in [0.1, 0.15) is 12.4 Å². The van der Waals surface area contributed by atoms with Crippen LogP contribution < -0.4 is 5.73 Å². The molecule has 1 aliphatic heterocycles. The van der Waals surface area contributed by atoms with Crippen molar-refractivity contribution >= 4 is 11.7 Å². The van der Waals surface area contributed by atoms with E-state index in [1.165, 1.54) is 6.42 Å². The van der Waals surface area contributed by atoms with Gasteiger partial charge >= 0.3 is 0 Å². The molecule has 2 heterocycles. The molecular formula is C12H20N4O. The molecule has 1 atom stereocenters. The number of carbonyl (C=O) groups is 1. The Morgan fingerprint density at radius 1 is 1.65 bits per heavy atom. The van der Waals surface area contributed by atoms with Crippen LogP contribution in [0.1, 0.15) is 26.2 Å². The number of rotatable bonds is 3. The molecule has 1 aromatic rings. The summed E-state index contributed by atoms with van der Waals surface area (Å²) in [6.45, 7) is 4.26. The summed E-state index contributed by atoms with van der Waals surface area (Å²) in [6, 6.07) is 1.71. The number of anilines is 1. The van der Waals surface area contributed by atoms with E-state index in [1.807, 2.05) is 4.90 Å². The molecule has 1 fully saturated rings. The highest BCUT2D eigenvalue weighted by atomic mass is 16.2. The quantitative estimate of drug-likeness (QED) is 0.855. The van der Waals surface area contributed by atoms with Gasteiger partial charge in [-0.2, -0.15) is 5.10 Å². The molecule has 0 aliphatic carbocycles. The summed E-state index contributed by atoms with van der Waals surface area (Å²) in [6.07, 6.45) is 5.26. The third-order valence-corrected chi connectivity index (χ3v) is 3.41. The third-order valence-electron chi connectivity index (χ3n) is 3.41. The molecule has 94 valence electrons. The summed E-state index contributed by atoms with van der Waals surface area (Å²) in [5.74, 6) is 1.27. The average molecular weight is 236 g/mol. The van der Waals surface area contributed by atoms with E-state index in [4.69, 9.17) is 5.73 Å². The molecule has 1 aromatic heterocycles. The van der Waals surface area contributed by atoms with Crippen molar-refractivity contribution in [3.63, 3.8) is 0 Å². The normalized spacial score (nSPS) is 20.5. The molecule has 1 saturated heterocycles. The van der Waals surface area contributed by atoms with Crippen molar-refractivity contribution in [2.45, 2.75) is 32.7 Å². The Morgan fingerprint density at radius 3 is 3.12 bits per heavy atom. The van der Waals surface area contributed by atoms with Gasteiger partial charge in [0.05, 0.1) is 0 Å². The Labute approximate surface area is 102 Å². The molecule has 0 spiro atoms. The molecular weight excluding hydrogens is 216 g/mol. The van der Waals surface area contributed by atoms with Crippen molar-refractivity contribution in [1.29, 1.82) is 0 Å². The number of hydrogen-bond donors (Lipinski definition) is 1. The highest BCUT2D eigenvalue weighted by Gasteiger charge is 2.22. The van der Waals surface area contributed by atoms with Crippen LogP contribution in [0.25, 0.3) is 0 Å². The fourth-order valence-corrected chi connectivity index (χ4v) is 2.33. The van der Waals surface area contributed by atoms with Crippen molar-refractivity contribution in [2.24, 2.45) is 5.92 Å². The smallest absolute Gasteiger partial charge is 0.244 e. The number of carbonyl (C=O) groups excluding carboxylic acids is 1. The van der Waals surface area contributed by atoms with E-state index in [1.54, 1.807) is 16.9 Å². The van der Waals surface area contributed by atoms with E-state index in [0.717, 1.165) is 25.9 Å². The van der Waals surface area contributed by atoms with Crippen molar-refractivity contribution in [1.82, 2.24) is 14.7 Å². The first-order chi connectivity index (χ1) is 8.19. The van der Waals surface area contributed by atoms with E-state index in [-0.39, 0.29) is 5.91 Å². The minimum absolute atomic E-state index is 0.145. The van der Waals surface area contributed by atoms with E-state index >= 15 is 0 Å². The van der Waals surface area contributed by atoms with Gasteiger partial charge < -0.3 is 10.6 Å². The van der Waals surface area contributed by atoms with Gasteiger partial charge in [0, 0.05) is 19.3 Å². The first-order valence-corrected chi connectivity index (χ1v) is 6.25. The Kier molecular flexibility index (Phi) is 3.66. The third kappa shape index (κ3) is 2.99. The maximum absolute atomic E-state index is 12.1. The molecule has 2 rings (SSSR count). The molecule has 0 radical (unpaired) electrons. The predicted molar refractivity (Wildman–Crippen MR) is 66.2 cm³/mol. The van der Waals surface area contributed by atoms with Crippen LogP contribution >= 0.6 is 0 Å². The molecule has 5 nitrogen and oxygen atoms in total. The van der Waals surface area contributed by atoms with Crippen LogP contribution in [0.5, 0.6) is 0 Å². The van der Waals surface area contributed by atoms with Gasteiger partial charge in [-0.1, -0.05) is 13.3 Å². The largest absolute Gasteiger partial charge is 0.382 e. The van der Waals surface area contributed by atoms with E-state index in [0.29, 0.717) is 18.3 Å². The summed E-state index contributed by atoms with van der Waals surface area (Å²) in [5, 5.41) is 4.03. The molecule has 2 N–H and O–H groups in total. The van der Waals surface area contributed by atoms with E-state index < -0.39 is 0 Å². The minimum atomic E-state index is 0.145. The minimum Gasteiger partial charge on any atom is -0.382 e. The standard InChI is InChI=1S/C12H20N4O/c1-2-10-4-3-6-15(8-10)12(17)9-16-7-5-11(13)14-16/h5,7,10H,2-4,6,8-9H2,1H3,(H2,13,14). The number of amides is 1. The molecule has 17 heavy (non-hydrogen) atoms. The number of nitrogens with two attached hydrogens (primary N) is 1. The Morgan fingerprint density at radius 2 is 2.47 bits per heavy atom. The van der Waals surface area contributed by atoms with Crippen molar-refractivity contribution in [3.8, 4) is 0 Å².